The predicted octanol–water partition coefficient (Wildman–Crippen LogP) is 0.694. The highest BCUT2D eigenvalue weighted by atomic mass is 16.5. The highest BCUT2D eigenvalue weighted by Gasteiger charge is 2.21. The molecule has 1 aromatic rings. The zero-order chi connectivity index (χ0) is 16.7. The molecule has 0 atom stereocenters. The number of amides is 2. The molecule has 0 spiro atoms. The van der Waals surface area contributed by atoms with Crippen molar-refractivity contribution in [1.29, 1.82) is 0 Å². The molecule has 6 heteroatoms. The van der Waals surface area contributed by atoms with Crippen molar-refractivity contribution >= 4 is 11.8 Å². The molecule has 1 fully saturated rings. The molecule has 0 bridgehead atoms. The normalized spacial score (nSPS) is 16.0. The standard InChI is InChI=1S/C17H25N3O3/c1-2-13-5-3-4-6-15(13)23-12-17(22)19-14-7-9-20(10-8-14)11-16(18)21/h3-6,14H,2,7-12H2,1H3,(H2,18,21)(H,19,22). The second kappa shape index (κ2) is 8.53. The van der Waals surface area contributed by atoms with Crippen LogP contribution in [0.3, 0.4) is 0 Å². The quantitative estimate of drug-likeness (QED) is 0.774. The highest BCUT2D eigenvalue weighted by Crippen LogP contribution is 2.18. The molecule has 126 valence electrons. The van der Waals surface area contributed by atoms with E-state index in [1.807, 2.05) is 29.2 Å². The molecule has 1 aliphatic rings. The van der Waals surface area contributed by atoms with Crippen LogP contribution >= 0.6 is 0 Å². The van der Waals surface area contributed by atoms with Crippen molar-refractivity contribution in [2.75, 3.05) is 26.2 Å². The van der Waals surface area contributed by atoms with E-state index in [0.29, 0.717) is 0 Å². The van der Waals surface area contributed by atoms with Gasteiger partial charge in [-0.1, -0.05) is 25.1 Å². The Hall–Kier alpha value is -2.08. The summed E-state index contributed by atoms with van der Waals surface area (Å²) in [4.78, 5) is 24.9. The zero-order valence-corrected chi connectivity index (χ0v) is 13.6. The number of rotatable bonds is 7. The summed E-state index contributed by atoms with van der Waals surface area (Å²) in [7, 11) is 0. The summed E-state index contributed by atoms with van der Waals surface area (Å²) in [6.45, 7) is 3.92. The average molecular weight is 319 g/mol. The van der Waals surface area contributed by atoms with Gasteiger partial charge in [0.25, 0.3) is 5.91 Å². The van der Waals surface area contributed by atoms with Gasteiger partial charge in [0.05, 0.1) is 6.54 Å². The fraction of sp³-hybridized carbons (Fsp3) is 0.529. The van der Waals surface area contributed by atoms with Crippen LogP contribution in [0.4, 0.5) is 0 Å². The van der Waals surface area contributed by atoms with Gasteiger partial charge in [-0.05, 0) is 30.9 Å². The lowest BCUT2D eigenvalue weighted by molar-refractivity contribution is -0.124. The zero-order valence-electron chi connectivity index (χ0n) is 13.6. The summed E-state index contributed by atoms with van der Waals surface area (Å²) in [6, 6.07) is 7.89. The molecule has 2 amide bonds. The van der Waals surface area contributed by atoms with Crippen LogP contribution in [0.15, 0.2) is 24.3 Å². The Bertz CT molecular complexity index is 540. The number of nitrogens with two attached hydrogens (primary N) is 1. The smallest absolute Gasteiger partial charge is 0.258 e. The molecule has 0 radical (unpaired) electrons. The van der Waals surface area contributed by atoms with Crippen molar-refractivity contribution in [3.63, 3.8) is 0 Å². The van der Waals surface area contributed by atoms with Gasteiger partial charge in [0.1, 0.15) is 5.75 Å². The van der Waals surface area contributed by atoms with Gasteiger partial charge >= 0.3 is 0 Å². The molecule has 6 nitrogen and oxygen atoms in total. The minimum Gasteiger partial charge on any atom is -0.483 e. The summed E-state index contributed by atoms with van der Waals surface area (Å²) in [6.07, 6.45) is 2.52. The number of carbonyl (C=O) groups excluding carboxylic acids is 2. The Morgan fingerprint density at radius 2 is 2.00 bits per heavy atom. The maximum absolute atomic E-state index is 12.0. The maximum Gasteiger partial charge on any atom is 0.258 e. The Kier molecular flexibility index (Phi) is 6.40. The van der Waals surface area contributed by atoms with E-state index < -0.39 is 0 Å². The van der Waals surface area contributed by atoms with Gasteiger partial charge in [0.2, 0.25) is 5.91 Å². The number of piperidine rings is 1. The minimum absolute atomic E-state index is 0.0263. The van der Waals surface area contributed by atoms with Gasteiger partial charge in [0.15, 0.2) is 6.61 Å². The average Bonchev–Trinajstić information content (AvgIpc) is 2.54. The second-order valence-corrected chi connectivity index (χ2v) is 5.83. The molecular formula is C17H25N3O3. The first-order valence-corrected chi connectivity index (χ1v) is 8.09. The summed E-state index contributed by atoms with van der Waals surface area (Å²) >= 11 is 0. The van der Waals surface area contributed by atoms with Gasteiger partial charge in [0, 0.05) is 19.1 Å². The van der Waals surface area contributed by atoms with Gasteiger partial charge in [-0.25, -0.2) is 0 Å². The van der Waals surface area contributed by atoms with E-state index in [-0.39, 0.29) is 31.0 Å². The third-order valence-corrected chi connectivity index (χ3v) is 4.04. The molecular weight excluding hydrogens is 294 g/mol. The number of benzene rings is 1. The molecule has 3 N–H and O–H groups in total. The Labute approximate surface area is 137 Å². The van der Waals surface area contributed by atoms with Crippen LogP contribution in [0.2, 0.25) is 0 Å². The number of primary amides is 1. The van der Waals surface area contributed by atoms with Crippen molar-refractivity contribution < 1.29 is 14.3 Å². The summed E-state index contributed by atoms with van der Waals surface area (Å²) < 4.78 is 5.62. The number of nitrogens with one attached hydrogen (secondary N) is 1. The lowest BCUT2D eigenvalue weighted by atomic mass is 10.1. The van der Waals surface area contributed by atoms with Crippen LogP contribution in [0.1, 0.15) is 25.3 Å². The highest BCUT2D eigenvalue weighted by molar-refractivity contribution is 5.78. The number of hydrogen-bond acceptors (Lipinski definition) is 4. The fourth-order valence-electron chi connectivity index (χ4n) is 2.81. The van der Waals surface area contributed by atoms with Crippen LogP contribution in [-0.4, -0.2) is 49.0 Å². The molecule has 1 saturated heterocycles. The van der Waals surface area contributed by atoms with Gasteiger partial charge in [-0.2, -0.15) is 0 Å². The van der Waals surface area contributed by atoms with E-state index >= 15 is 0 Å². The summed E-state index contributed by atoms with van der Waals surface area (Å²) in [5.41, 5.74) is 6.29. The van der Waals surface area contributed by atoms with Crippen molar-refractivity contribution in [2.24, 2.45) is 5.73 Å². The minimum atomic E-state index is -0.310. The molecule has 1 aromatic carbocycles. The predicted molar refractivity (Wildman–Crippen MR) is 88.1 cm³/mol. The third-order valence-electron chi connectivity index (χ3n) is 4.04. The van der Waals surface area contributed by atoms with E-state index in [1.165, 1.54) is 0 Å². The van der Waals surface area contributed by atoms with E-state index in [0.717, 1.165) is 43.7 Å². The molecule has 23 heavy (non-hydrogen) atoms. The maximum atomic E-state index is 12.0. The van der Waals surface area contributed by atoms with E-state index in [1.54, 1.807) is 0 Å². The van der Waals surface area contributed by atoms with Gasteiger partial charge in [-0.3, -0.25) is 14.5 Å². The first-order valence-electron chi connectivity index (χ1n) is 8.09. The Morgan fingerprint density at radius 1 is 1.30 bits per heavy atom. The number of nitrogens with zero attached hydrogens (tertiary/aromatic N) is 1. The van der Waals surface area contributed by atoms with Crippen molar-refractivity contribution in [3.8, 4) is 5.75 Å². The molecule has 0 saturated carbocycles. The Balaban J connectivity index is 1.72. The monoisotopic (exact) mass is 319 g/mol. The van der Waals surface area contributed by atoms with Crippen molar-refractivity contribution in [3.05, 3.63) is 29.8 Å². The fourth-order valence-corrected chi connectivity index (χ4v) is 2.81. The largest absolute Gasteiger partial charge is 0.483 e. The molecule has 1 heterocycles. The van der Waals surface area contributed by atoms with Crippen LogP contribution in [-0.2, 0) is 16.0 Å². The topological polar surface area (TPSA) is 84.7 Å². The molecule has 0 unspecified atom stereocenters. The molecule has 2 rings (SSSR count). The number of aryl methyl sites for hydroxylation is 1. The van der Waals surface area contributed by atoms with E-state index in [9.17, 15) is 9.59 Å². The number of carbonyl (C=O) groups is 2. The van der Waals surface area contributed by atoms with Gasteiger partial charge < -0.3 is 15.8 Å². The Morgan fingerprint density at radius 3 is 2.65 bits per heavy atom. The van der Waals surface area contributed by atoms with Crippen LogP contribution in [0.25, 0.3) is 0 Å². The molecule has 0 aliphatic carbocycles. The first kappa shape index (κ1) is 17.3. The lowest BCUT2D eigenvalue weighted by Gasteiger charge is -2.31. The van der Waals surface area contributed by atoms with Gasteiger partial charge in [-0.15, -0.1) is 0 Å². The first-order chi connectivity index (χ1) is 11.1. The number of para-hydroxylation sites is 1. The number of hydrogen-bond donors (Lipinski definition) is 2. The van der Waals surface area contributed by atoms with Crippen molar-refractivity contribution in [2.45, 2.75) is 32.2 Å². The van der Waals surface area contributed by atoms with Crippen molar-refractivity contribution in [1.82, 2.24) is 10.2 Å². The summed E-state index contributed by atoms with van der Waals surface area (Å²) in [5, 5.41) is 2.99. The third kappa shape index (κ3) is 5.56. The van der Waals surface area contributed by atoms with Crippen LogP contribution < -0.4 is 15.8 Å². The summed E-state index contributed by atoms with van der Waals surface area (Å²) in [5.74, 6) is 0.348. The second-order valence-electron chi connectivity index (χ2n) is 5.83. The SMILES string of the molecule is CCc1ccccc1OCC(=O)NC1CCN(CC(N)=O)CC1. The number of ether oxygens (including phenoxy) is 1. The molecule has 1 aliphatic heterocycles. The van der Waals surface area contributed by atoms with Crippen LogP contribution in [0.5, 0.6) is 5.75 Å². The van der Waals surface area contributed by atoms with E-state index in [2.05, 4.69) is 12.2 Å². The van der Waals surface area contributed by atoms with E-state index in [4.69, 9.17) is 10.5 Å². The lowest BCUT2D eigenvalue weighted by Crippen LogP contribution is -2.47. The number of likely N-dealkylation sites (tertiary alicyclic amines) is 1. The van der Waals surface area contributed by atoms with Crippen LogP contribution in [0, 0.1) is 0 Å². The molecule has 0 aromatic heterocycles.